The van der Waals surface area contributed by atoms with Gasteiger partial charge in [-0.1, -0.05) is 6.07 Å². The Morgan fingerprint density at radius 3 is 3.04 bits per heavy atom. The van der Waals surface area contributed by atoms with Crippen molar-refractivity contribution in [1.29, 1.82) is 0 Å². The van der Waals surface area contributed by atoms with Crippen LogP contribution in [-0.2, 0) is 17.8 Å². The smallest absolute Gasteiger partial charge is 0.231 e. The van der Waals surface area contributed by atoms with Gasteiger partial charge in [-0.3, -0.25) is 9.69 Å². The third-order valence-electron chi connectivity index (χ3n) is 4.99. The van der Waals surface area contributed by atoms with Gasteiger partial charge in [0, 0.05) is 13.1 Å². The van der Waals surface area contributed by atoms with Crippen LogP contribution >= 0.6 is 0 Å². The fourth-order valence-corrected chi connectivity index (χ4v) is 3.61. The van der Waals surface area contributed by atoms with E-state index in [-0.39, 0.29) is 18.6 Å². The summed E-state index contributed by atoms with van der Waals surface area (Å²) in [7, 11) is 0. The van der Waals surface area contributed by atoms with Crippen LogP contribution < -0.4 is 14.8 Å². The van der Waals surface area contributed by atoms with Crippen LogP contribution in [-0.4, -0.2) is 37.2 Å². The van der Waals surface area contributed by atoms with Crippen molar-refractivity contribution in [1.82, 2.24) is 10.2 Å². The van der Waals surface area contributed by atoms with Crippen molar-refractivity contribution in [3.05, 3.63) is 47.9 Å². The van der Waals surface area contributed by atoms with Gasteiger partial charge in [0.1, 0.15) is 5.76 Å². The van der Waals surface area contributed by atoms with Crippen LogP contribution in [0.2, 0.25) is 0 Å². The topological polar surface area (TPSA) is 63.9 Å². The van der Waals surface area contributed by atoms with E-state index in [0.29, 0.717) is 6.54 Å². The predicted octanol–water partition coefficient (Wildman–Crippen LogP) is 2.58. The Morgan fingerprint density at radius 2 is 2.15 bits per heavy atom. The van der Waals surface area contributed by atoms with Crippen molar-refractivity contribution in [2.45, 2.75) is 25.8 Å². The van der Waals surface area contributed by atoms with E-state index in [0.717, 1.165) is 61.7 Å². The molecule has 1 aromatic carbocycles. The first-order valence-electron chi connectivity index (χ1n) is 9.19. The van der Waals surface area contributed by atoms with Crippen LogP contribution in [0.5, 0.6) is 11.5 Å². The highest BCUT2D eigenvalue weighted by molar-refractivity contribution is 5.79. The van der Waals surface area contributed by atoms with E-state index in [1.54, 1.807) is 6.26 Å². The summed E-state index contributed by atoms with van der Waals surface area (Å²) >= 11 is 0. The van der Waals surface area contributed by atoms with Gasteiger partial charge < -0.3 is 19.2 Å². The summed E-state index contributed by atoms with van der Waals surface area (Å²) < 4.78 is 16.1. The minimum atomic E-state index is 0.0514. The molecule has 26 heavy (non-hydrogen) atoms. The molecule has 1 N–H and O–H groups in total. The normalized spacial score (nSPS) is 19.5. The average Bonchev–Trinajstić information content (AvgIpc) is 3.33. The fourth-order valence-electron chi connectivity index (χ4n) is 3.61. The fraction of sp³-hybridized carbons (Fsp3) is 0.450. The molecule has 1 aromatic heterocycles. The number of amides is 1. The van der Waals surface area contributed by atoms with Crippen molar-refractivity contribution in [3.63, 3.8) is 0 Å². The van der Waals surface area contributed by atoms with Crippen molar-refractivity contribution in [2.24, 2.45) is 5.92 Å². The van der Waals surface area contributed by atoms with Crippen LogP contribution in [0.1, 0.15) is 24.2 Å². The molecule has 0 radical (unpaired) electrons. The number of rotatable bonds is 6. The van der Waals surface area contributed by atoms with E-state index < -0.39 is 0 Å². The van der Waals surface area contributed by atoms with E-state index >= 15 is 0 Å². The van der Waals surface area contributed by atoms with Crippen molar-refractivity contribution in [2.75, 3.05) is 26.4 Å². The summed E-state index contributed by atoms with van der Waals surface area (Å²) in [6, 6.07) is 9.81. The van der Waals surface area contributed by atoms with Gasteiger partial charge in [-0.05, 0) is 55.6 Å². The number of likely N-dealkylation sites (tertiary alicyclic amines) is 1. The van der Waals surface area contributed by atoms with Crippen molar-refractivity contribution in [3.8, 4) is 11.5 Å². The number of carbonyl (C=O) groups is 1. The molecule has 6 heteroatoms. The van der Waals surface area contributed by atoms with Gasteiger partial charge in [-0.2, -0.15) is 0 Å². The number of piperidine rings is 1. The van der Waals surface area contributed by atoms with E-state index in [9.17, 15) is 4.79 Å². The van der Waals surface area contributed by atoms with Crippen LogP contribution in [0.15, 0.2) is 41.0 Å². The Kier molecular flexibility index (Phi) is 5.11. The summed E-state index contributed by atoms with van der Waals surface area (Å²) in [6.07, 6.45) is 4.47. The zero-order valence-corrected chi connectivity index (χ0v) is 14.8. The summed E-state index contributed by atoms with van der Waals surface area (Å²) in [5.74, 6) is 2.73. The minimum absolute atomic E-state index is 0.0514. The SMILES string of the molecule is O=C(NCCc1ccc2c(c1)OCO2)C1CCCN(Cc2ccco2)C1. The Bertz CT molecular complexity index is 744. The second-order valence-electron chi connectivity index (χ2n) is 6.88. The molecule has 0 spiro atoms. The third kappa shape index (κ3) is 4.02. The van der Waals surface area contributed by atoms with E-state index in [4.69, 9.17) is 13.9 Å². The quantitative estimate of drug-likeness (QED) is 0.862. The van der Waals surface area contributed by atoms with Gasteiger partial charge in [0.25, 0.3) is 0 Å². The molecule has 6 nitrogen and oxygen atoms in total. The maximum Gasteiger partial charge on any atom is 0.231 e. The maximum atomic E-state index is 12.5. The number of benzene rings is 1. The first-order valence-corrected chi connectivity index (χ1v) is 9.19. The molecule has 4 rings (SSSR count). The molecule has 1 saturated heterocycles. The number of hydrogen-bond acceptors (Lipinski definition) is 5. The lowest BCUT2D eigenvalue weighted by molar-refractivity contribution is -0.126. The van der Waals surface area contributed by atoms with Gasteiger partial charge in [-0.25, -0.2) is 0 Å². The number of ether oxygens (including phenoxy) is 2. The number of hydrogen-bond donors (Lipinski definition) is 1. The van der Waals surface area contributed by atoms with Gasteiger partial charge in [0.2, 0.25) is 12.7 Å². The standard InChI is InChI=1S/C20H24N2O4/c23-20(16-3-1-9-22(12-16)13-17-4-2-10-24-17)21-8-7-15-5-6-18-19(11-15)26-14-25-18/h2,4-6,10-11,16H,1,3,7-9,12-14H2,(H,21,23). The van der Waals surface area contributed by atoms with E-state index in [1.165, 1.54) is 0 Å². The molecule has 0 aliphatic carbocycles. The molecule has 0 bridgehead atoms. The number of nitrogens with zero attached hydrogens (tertiary/aromatic N) is 1. The lowest BCUT2D eigenvalue weighted by Crippen LogP contribution is -2.43. The number of fused-ring (bicyclic) bond motifs is 1. The monoisotopic (exact) mass is 356 g/mol. The Hall–Kier alpha value is -2.47. The number of carbonyl (C=O) groups excluding carboxylic acids is 1. The molecule has 1 unspecified atom stereocenters. The highest BCUT2D eigenvalue weighted by Gasteiger charge is 2.26. The predicted molar refractivity (Wildman–Crippen MR) is 96.0 cm³/mol. The van der Waals surface area contributed by atoms with E-state index in [1.807, 2.05) is 30.3 Å². The van der Waals surface area contributed by atoms with Crippen molar-refractivity contribution >= 4 is 5.91 Å². The Morgan fingerprint density at radius 1 is 1.23 bits per heavy atom. The molecular weight excluding hydrogens is 332 g/mol. The largest absolute Gasteiger partial charge is 0.468 e. The first kappa shape index (κ1) is 17.0. The third-order valence-corrected chi connectivity index (χ3v) is 4.99. The van der Waals surface area contributed by atoms with Gasteiger partial charge in [0.15, 0.2) is 11.5 Å². The molecule has 2 aromatic rings. The maximum absolute atomic E-state index is 12.5. The molecule has 2 aliphatic heterocycles. The van der Waals surface area contributed by atoms with E-state index in [2.05, 4.69) is 10.2 Å². The van der Waals surface area contributed by atoms with Gasteiger partial charge in [-0.15, -0.1) is 0 Å². The lowest BCUT2D eigenvalue weighted by atomic mass is 9.97. The zero-order chi connectivity index (χ0) is 17.8. The van der Waals surface area contributed by atoms with Crippen LogP contribution in [0.4, 0.5) is 0 Å². The molecule has 1 amide bonds. The zero-order valence-electron chi connectivity index (χ0n) is 14.8. The Balaban J connectivity index is 1.24. The molecule has 2 aliphatic rings. The molecule has 3 heterocycles. The number of nitrogens with one attached hydrogen (secondary N) is 1. The number of furan rings is 1. The lowest BCUT2D eigenvalue weighted by Gasteiger charge is -2.31. The average molecular weight is 356 g/mol. The minimum Gasteiger partial charge on any atom is -0.468 e. The highest BCUT2D eigenvalue weighted by Crippen LogP contribution is 2.32. The van der Waals surface area contributed by atoms with Crippen LogP contribution in [0, 0.1) is 5.92 Å². The molecular formula is C20H24N2O4. The second-order valence-corrected chi connectivity index (χ2v) is 6.88. The van der Waals surface area contributed by atoms with Crippen LogP contribution in [0.3, 0.4) is 0 Å². The second kappa shape index (κ2) is 7.83. The Labute approximate surface area is 153 Å². The summed E-state index contributed by atoms with van der Waals surface area (Å²) in [4.78, 5) is 14.8. The van der Waals surface area contributed by atoms with Crippen LogP contribution in [0.25, 0.3) is 0 Å². The molecule has 138 valence electrons. The molecule has 0 saturated carbocycles. The molecule has 1 fully saturated rings. The summed E-state index contributed by atoms with van der Waals surface area (Å²) in [5, 5.41) is 3.09. The van der Waals surface area contributed by atoms with Gasteiger partial charge >= 0.3 is 0 Å². The summed E-state index contributed by atoms with van der Waals surface area (Å²) in [5.41, 5.74) is 1.14. The summed E-state index contributed by atoms with van der Waals surface area (Å²) in [6.45, 7) is 3.49. The van der Waals surface area contributed by atoms with Gasteiger partial charge in [0.05, 0.1) is 18.7 Å². The highest BCUT2D eigenvalue weighted by atomic mass is 16.7. The first-order chi connectivity index (χ1) is 12.8. The van der Waals surface area contributed by atoms with Crippen molar-refractivity contribution < 1.29 is 18.7 Å². The molecule has 1 atom stereocenters.